The molecule has 0 saturated carbocycles. The van der Waals surface area contributed by atoms with Crippen molar-refractivity contribution >= 4 is 5.97 Å². The largest absolute Gasteiger partial charge is 0.480 e. The van der Waals surface area contributed by atoms with Crippen LogP contribution in [0.1, 0.15) is 17.9 Å². The number of nitrogens with zero attached hydrogens (tertiary/aromatic N) is 1. The summed E-state index contributed by atoms with van der Waals surface area (Å²) < 4.78 is 0. The van der Waals surface area contributed by atoms with Crippen molar-refractivity contribution in [2.75, 3.05) is 19.6 Å². The molecule has 0 aliphatic carbocycles. The summed E-state index contributed by atoms with van der Waals surface area (Å²) in [5.74, 6) is -0.228. The lowest BCUT2D eigenvalue weighted by molar-refractivity contribution is -0.138. The summed E-state index contributed by atoms with van der Waals surface area (Å²) in [5.41, 5.74) is 1.32. The number of rotatable bonds is 3. The average molecular weight is 205 g/mol. The summed E-state index contributed by atoms with van der Waals surface area (Å²) in [6.07, 6.45) is 1.07. The van der Waals surface area contributed by atoms with Crippen molar-refractivity contribution in [2.45, 2.75) is 12.3 Å². The molecule has 1 atom stereocenters. The third-order valence-corrected chi connectivity index (χ3v) is 2.90. The number of carboxylic acid groups (broad SMARTS) is 1. The quantitative estimate of drug-likeness (QED) is 0.814. The summed E-state index contributed by atoms with van der Waals surface area (Å²) in [6, 6.07) is 10.3. The Labute approximate surface area is 89.3 Å². The maximum absolute atomic E-state index is 10.6. The van der Waals surface area contributed by atoms with Crippen LogP contribution >= 0.6 is 0 Å². The zero-order valence-electron chi connectivity index (χ0n) is 8.60. The monoisotopic (exact) mass is 205 g/mol. The Kier molecular flexibility index (Phi) is 3.02. The number of hydrogen-bond acceptors (Lipinski definition) is 2. The molecule has 0 radical (unpaired) electrons. The molecule has 15 heavy (non-hydrogen) atoms. The van der Waals surface area contributed by atoms with E-state index in [1.807, 2.05) is 23.1 Å². The molecule has 1 aliphatic rings. The van der Waals surface area contributed by atoms with E-state index in [9.17, 15) is 4.79 Å². The van der Waals surface area contributed by atoms with Gasteiger partial charge in [-0.3, -0.25) is 9.69 Å². The molecule has 1 aromatic carbocycles. The van der Waals surface area contributed by atoms with Crippen LogP contribution in [0.5, 0.6) is 0 Å². The van der Waals surface area contributed by atoms with Crippen LogP contribution < -0.4 is 0 Å². The predicted molar refractivity (Wildman–Crippen MR) is 57.9 cm³/mol. The average Bonchev–Trinajstić information content (AvgIpc) is 2.67. The van der Waals surface area contributed by atoms with Gasteiger partial charge in [0.15, 0.2) is 0 Å². The van der Waals surface area contributed by atoms with E-state index >= 15 is 0 Å². The van der Waals surface area contributed by atoms with Crippen LogP contribution in [-0.2, 0) is 4.79 Å². The predicted octanol–water partition coefficient (Wildman–Crippen LogP) is 1.56. The maximum atomic E-state index is 10.6. The van der Waals surface area contributed by atoms with Crippen molar-refractivity contribution in [2.24, 2.45) is 0 Å². The van der Waals surface area contributed by atoms with Gasteiger partial charge in [0, 0.05) is 6.54 Å². The van der Waals surface area contributed by atoms with Gasteiger partial charge in [-0.1, -0.05) is 30.3 Å². The molecule has 0 bridgehead atoms. The van der Waals surface area contributed by atoms with Gasteiger partial charge in [-0.15, -0.1) is 0 Å². The molecule has 2 rings (SSSR count). The zero-order chi connectivity index (χ0) is 10.7. The van der Waals surface area contributed by atoms with Crippen molar-refractivity contribution in [3.05, 3.63) is 35.9 Å². The highest BCUT2D eigenvalue weighted by atomic mass is 16.4. The third-order valence-electron chi connectivity index (χ3n) is 2.90. The molecule has 1 fully saturated rings. The third kappa shape index (κ3) is 2.57. The van der Waals surface area contributed by atoms with Crippen molar-refractivity contribution in [1.29, 1.82) is 0 Å². The van der Waals surface area contributed by atoms with E-state index in [-0.39, 0.29) is 6.54 Å². The Hall–Kier alpha value is -1.35. The fourth-order valence-electron chi connectivity index (χ4n) is 2.16. The second-order valence-electron chi connectivity index (χ2n) is 4.03. The maximum Gasteiger partial charge on any atom is 0.317 e. The van der Waals surface area contributed by atoms with Crippen LogP contribution in [0.4, 0.5) is 0 Å². The molecule has 1 heterocycles. The van der Waals surface area contributed by atoms with Gasteiger partial charge in [-0.2, -0.15) is 0 Å². The molecule has 1 aliphatic heterocycles. The van der Waals surface area contributed by atoms with E-state index in [0.29, 0.717) is 5.92 Å². The van der Waals surface area contributed by atoms with Gasteiger partial charge in [0.1, 0.15) is 0 Å². The summed E-state index contributed by atoms with van der Waals surface area (Å²) in [7, 11) is 0. The van der Waals surface area contributed by atoms with Gasteiger partial charge in [0.25, 0.3) is 0 Å². The van der Waals surface area contributed by atoms with Gasteiger partial charge in [0.05, 0.1) is 6.54 Å². The van der Waals surface area contributed by atoms with E-state index in [2.05, 4.69) is 12.1 Å². The molecule has 80 valence electrons. The van der Waals surface area contributed by atoms with Crippen LogP contribution in [0.3, 0.4) is 0 Å². The number of aliphatic carboxylic acids is 1. The van der Waals surface area contributed by atoms with Crippen molar-refractivity contribution in [3.63, 3.8) is 0 Å². The first-order chi connectivity index (χ1) is 7.25. The normalized spacial score (nSPS) is 21.7. The minimum atomic E-state index is -0.733. The van der Waals surface area contributed by atoms with Crippen LogP contribution in [0.2, 0.25) is 0 Å². The molecule has 0 amide bonds. The summed E-state index contributed by atoms with van der Waals surface area (Å²) in [6.45, 7) is 1.94. The standard InChI is InChI=1S/C12H15NO2/c14-12(15)9-13-7-6-11(8-13)10-4-2-1-3-5-10/h1-5,11H,6-9H2,(H,14,15)/t11-/m0/s1. The summed E-state index contributed by atoms with van der Waals surface area (Å²) >= 11 is 0. The lowest BCUT2D eigenvalue weighted by Crippen LogP contribution is -2.27. The first-order valence-corrected chi connectivity index (χ1v) is 5.25. The first-order valence-electron chi connectivity index (χ1n) is 5.25. The fourth-order valence-corrected chi connectivity index (χ4v) is 2.16. The smallest absolute Gasteiger partial charge is 0.317 e. The lowest BCUT2D eigenvalue weighted by atomic mass is 9.99. The molecule has 3 heteroatoms. The Morgan fingerprint density at radius 3 is 2.80 bits per heavy atom. The molecule has 0 spiro atoms. The summed E-state index contributed by atoms with van der Waals surface area (Å²) in [4.78, 5) is 12.6. The van der Waals surface area contributed by atoms with Crippen molar-refractivity contribution < 1.29 is 9.90 Å². The van der Waals surface area contributed by atoms with Crippen LogP contribution in [0.25, 0.3) is 0 Å². The van der Waals surface area contributed by atoms with Gasteiger partial charge < -0.3 is 5.11 Å². The second kappa shape index (κ2) is 4.45. The first kappa shape index (κ1) is 10.2. The van der Waals surface area contributed by atoms with E-state index in [1.165, 1.54) is 5.56 Å². The Morgan fingerprint density at radius 2 is 2.13 bits per heavy atom. The van der Waals surface area contributed by atoms with Crippen LogP contribution in [0.15, 0.2) is 30.3 Å². The number of likely N-dealkylation sites (tertiary alicyclic amines) is 1. The topological polar surface area (TPSA) is 40.5 Å². The molecule has 1 aromatic rings. The molecular weight excluding hydrogens is 190 g/mol. The van der Waals surface area contributed by atoms with E-state index in [4.69, 9.17) is 5.11 Å². The SMILES string of the molecule is O=C(O)CN1CC[C@H](c2ccccc2)C1. The Balaban J connectivity index is 1.96. The molecular formula is C12H15NO2. The highest BCUT2D eigenvalue weighted by molar-refractivity contribution is 5.69. The minimum Gasteiger partial charge on any atom is -0.480 e. The van der Waals surface area contributed by atoms with E-state index < -0.39 is 5.97 Å². The number of benzene rings is 1. The number of hydrogen-bond donors (Lipinski definition) is 1. The van der Waals surface area contributed by atoms with E-state index in [1.54, 1.807) is 0 Å². The highest BCUT2D eigenvalue weighted by Gasteiger charge is 2.24. The van der Waals surface area contributed by atoms with Crippen molar-refractivity contribution in [1.82, 2.24) is 4.90 Å². The highest BCUT2D eigenvalue weighted by Crippen LogP contribution is 2.26. The summed E-state index contributed by atoms with van der Waals surface area (Å²) in [5, 5.41) is 8.69. The molecule has 0 aromatic heterocycles. The number of carboxylic acids is 1. The molecule has 1 saturated heterocycles. The number of carbonyl (C=O) groups is 1. The second-order valence-corrected chi connectivity index (χ2v) is 4.03. The molecule has 1 N–H and O–H groups in total. The minimum absolute atomic E-state index is 0.170. The Bertz CT molecular complexity index is 337. The zero-order valence-corrected chi connectivity index (χ0v) is 8.60. The van der Waals surface area contributed by atoms with Crippen LogP contribution in [0, 0.1) is 0 Å². The Morgan fingerprint density at radius 1 is 1.40 bits per heavy atom. The van der Waals surface area contributed by atoms with Gasteiger partial charge in [0.2, 0.25) is 0 Å². The van der Waals surface area contributed by atoms with E-state index in [0.717, 1.165) is 19.5 Å². The van der Waals surface area contributed by atoms with Crippen LogP contribution in [-0.4, -0.2) is 35.6 Å². The van der Waals surface area contributed by atoms with Gasteiger partial charge >= 0.3 is 5.97 Å². The fraction of sp³-hybridized carbons (Fsp3) is 0.417. The lowest BCUT2D eigenvalue weighted by Gasteiger charge is -2.13. The molecule has 3 nitrogen and oxygen atoms in total. The van der Waals surface area contributed by atoms with Gasteiger partial charge in [-0.25, -0.2) is 0 Å². The molecule has 0 unspecified atom stereocenters. The van der Waals surface area contributed by atoms with Crippen molar-refractivity contribution in [3.8, 4) is 0 Å². The van der Waals surface area contributed by atoms with Gasteiger partial charge in [-0.05, 0) is 24.4 Å².